The summed E-state index contributed by atoms with van der Waals surface area (Å²) in [4.78, 5) is 25.7. The van der Waals surface area contributed by atoms with E-state index in [1.54, 1.807) is 7.05 Å². The third-order valence-electron chi connectivity index (χ3n) is 4.61. The highest BCUT2D eigenvalue weighted by molar-refractivity contribution is 5.94. The molecule has 0 saturated carbocycles. The van der Waals surface area contributed by atoms with E-state index in [4.69, 9.17) is 4.74 Å². The van der Waals surface area contributed by atoms with E-state index in [2.05, 4.69) is 5.32 Å². The number of carbonyl (C=O) groups excluding carboxylic acids is 2. The van der Waals surface area contributed by atoms with Crippen molar-refractivity contribution in [3.8, 4) is 5.75 Å². The molecule has 1 amide bonds. The molecule has 8 heteroatoms. The molecule has 0 radical (unpaired) electrons. The molecule has 148 valence electrons. The molecule has 1 aliphatic rings. The number of likely N-dealkylation sites (N-methyl/N-ethyl adjacent to an activating group) is 1. The van der Waals surface area contributed by atoms with E-state index in [0.717, 1.165) is 12.1 Å². The first-order chi connectivity index (χ1) is 13.2. The van der Waals surface area contributed by atoms with Crippen molar-refractivity contribution in [1.29, 1.82) is 0 Å². The standard InChI is InChI=1S/C20H19F3N2O3/c1-11(26)28-15-3-4-18(23)19(8-15)24-20(27)17-10-25(2)9-16(17)12-5-13(21)7-14(22)6-12/h3-8,16-17H,9-10H2,1-2H3,(H,24,27)/t16-,17+/m1/s1. The van der Waals surface area contributed by atoms with Crippen LogP contribution in [0.5, 0.6) is 5.75 Å². The normalized spacial score (nSPS) is 19.5. The van der Waals surface area contributed by atoms with E-state index < -0.39 is 41.2 Å². The highest BCUT2D eigenvalue weighted by atomic mass is 19.1. The molecule has 28 heavy (non-hydrogen) atoms. The fourth-order valence-electron chi connectivity index (χ4n) is 3.45. The maximum Gasteiger partial charge on any atom is 0.308 e. The topological polar surface area (TPSA) is 58.6 Å². The Balaban J connectivity index is 1.83. The molecule has 0 bridgehead atoms. The number of benzene rings is 2. The molecular formula is C20H19F3N2O3. The Morgan fingerprint density at radius 3 is 2.39 bits per heavy atom. The third-order valence-corrected chi connectivity index (χ3v) is 4.61. The second-order valence-corrected chi connectivity index (χ2v) is 6.86. The average molecular weight is 392 g/mol. The molecule has 1 N–H and O–H groups in total. The Bertz CT molecular complexity index is 899. The van der Waals surface area contributed by atoms with Gasteiger partial charge in [0, 0.05) is 38.1 Å². The summed E-state index contributed by atoms with van der Waals surface area (Å²) in [6, 6.07) is 6.74. The van der Waals surface area contributed by atoms with Crippen LogP contribution in [0.25, 0.3) is 0 Å². The maximum absolute atomic E-state index is 14.1. The quantitative estimate of drug-likeness (QED) is 0.641. The summed E-state index contributed by atoms with van der Waals surface area (Å²) in [5, 5.41) is 2.50. The van der Waals surface area contributed by atoms with Gasteiger partial charge in [-0.05, 0) is 36.9 Å². The smallest absolute Gasteiger partial charge is 0.308 e. The van der Waals surface area contributed by atoms with Crippen molar-refractivity contribution < 1.29 is 27.5 Å². The van der Waals surface area contributed by atoms with Crippen LogP contribution in [0.4, 0.5) is 18.9 Å². The molecule has 2 aromatic rings. The van der Waals surface area contributed by atoms with Crippen LogP contribution in [0, 0.1) is 23.4 Å². The lowest BCUT2D eigenvalue weighted by Gasteiger charge is -2.19. The summed E-state index contributed by atoms with van der Waals surface area (Å²) < 4.78 is 46.2. The molecule has 3 rings (SSSR count). The van der Waals surface area contributed by atoms with Gasteiger partial charge in [-0.25, -0.2) is 13.2 Å². The van der Waals surface area contributed by atoms with E-state index in [1.165, 1.54) is 31.2 Å². The van der Waals surface area contributed by atoms with Crippen LogP contribution in [0.1, 0.15) is 18.4 Å². The number of nitrogens with one attached hydrogen (secondary N) is 1. The van der Waals surface area contributed by atoms with E-state index in [9.17, 15) is 22.8 Å². The molecule has 1 saturated heterocycles. The van der Waals surface area contributed by atoms with Gasteiger partial charge in [-0.1, -0.05) is 0 Å². The van der Waals surface area contributed by atoms with Gasteiger partial charge in [0.1, 0.15) is 23.2 Å². The molecule has 1 aliphatic heterocycles. The second-order valence-electron chi connectivity index (χ2n) is 6.86. The van der Waals surface area contributed by atoms with Gasteiger partial charge < -0.3 is 15.0 Å². The number of rotatable bonds is 4. The fraction of sp³-hybridized carbons (Fsp3) is 0.300. The Hall–Kier alpha value is -2.87. The van der Waals surface area contributed by atoms with Crippen molar-refractivity contribution in [3.63, 3.8) is 0 Å². The lowest BCUT2D eigenvalue weighted by Crippen LogP contribution is -2.28. The van der Waals surface area contributed by atoms with E-state index in [-0.39, 0.29) is 11.4 Å². The summed E-state index contributed by atoms with van der Waals surface area (Å²) in [5.41, 5.74) is 0.235. The predicted molar refractivity (Wildman–Crippen MR) is 96.4 cm³/mol. The van der Waals surface area contributed by atoms with Gasteiger partial charge in [0.15, 0.2) is 0 Å². The van der Waals surface area contributed by atoms with E-state index >= 15 is 0 Å². The van der Waals surface area contributed by atoms with Gasteiger partial charge in [0.25, 0.3) is 0 Å². The minimum Gasteiger partial charge on any atom is -0.427 e. The number of anilines is 1. The number of hydrogen-bond donors (Lipinski definition) is 1. The lowest BCUT2D eigenvalue weighted by atomic mass is 9.88. The zero-order chi connectivity index (χ0) is 20.4. The minimum atomic E-state index is -0.719. The zero-order valence-corrected chi connectivity index (χ0v) is 15.3. The van der Waals surface area contributed by atoms with Crippen LogP contribution in [-0.4, -0.2) is 36.9 Å². The number of esters is 1. The lowest BCUT2D eigenvalue weighted by molar-refractivity contribution is -0.131. The number of hydrogen-bond acceptors (Lipinski definition) is 4. The first-order valence-electron chi connectivity index (χ1n) is 8.66. The van der Waals surface area contributed by atoms with Crippen molar-refractivity contribution >= 4 is 17.6 Å². The SMILES string of the molecule is CC(=O)Oc1ccc(F)c(NC(=O)[C@H]2CN(C)C[C@@H]2c2cc(F)cc(F)c2)c1. The van der Waals surface area contributed by atoms with Crippen molar-refractivity contribution in [2.75, 3.05) is 25.5 Å². The highest BCUT2D eigenvalue weighted by Gasteiger charge is 2.37. The number of amides is 1. The Morgan fingerprint density at radius 1 is 1.07 bits per heavy atom. The van der Waals surface area contributed by atoms with Crippen molar-refractivity contribution in [2.45, 2.75) is 12.8 Å². The number of ether oxygens (including phenoxy) is 1. The van der Waals surface area contributed by atoms with Crippen molar-refractivity contribution in [2.24, 2.45) is 5.92 Å². The molecule has 0 spiro atoms. The summed E-state index contributed by atoms with van der Waals surface area (Å²) >= 11 is 0. The highest BCUT2D eigenvalue weighted by Crippen LogP contribution is 2.34. The van der Waals surface area contributed by atoms with E-state index in [0.29, 0.717) is 18.7 Å². The largest absolute Gasteiger partial charge is 0.427 e. The van der Waals surface area contributed by atoms with Gasteiger partial charge in [-0.2, -0.15) is 0 Å². The molecule has 0 aromatic heterocycles. The molecule has 2 aromatic carbocycles. The Labute approximate surface area is 160 Å². The van der Waals surface area contributed by atoms with E-state index in [1.807, 2.05) is 4.90 Å². The van der Waals surface area contributed by atoms with Crippen LogP contribution in [0.15, 0.2) is 36.4 Å². The van der Waals surface area contributed by atoms with Gasteiger partial charge in [-0.15, -0.1) is 0 Å². The Kier molecular flexibility index (Phi) is 5.69. The van der Waals surface area contributed by atoms with Gasteiger partial charge in [0.2, 0.25) is 5.91 Å². The molecule has 1 heterocycles. The molecule has 5 nitrogen and oxygen atoms in total. The number of halogens is 3. The predicted octanol–water partition coefficient (Wildman–Crippen LogP) is 3.31. The van der Waals surface area contributed by atoms with Crippen LogP contribution >= 0.6 is 0 Å². The Morgan fingerprint density at radius 2 is 1.75 bits per heavy atom. The summed E-state index contributed by atoms with van der Waals surface area (Å²) in [7, 11) is 1.79. The maximum atomic E-state index is 14.1. The molecular weight excluding hydrogens is 373 g/mol. The van der Waals surface area contributed by atoms with Crippen LogP contribution in [0.2, 0.25) is 0 Å². The van der Waals surface area contributed by atoms with Crippen molar-refractivity contribution in [1.82, 2.24) is 4.90 Å². The van der Waals surface area contributed by atoms with Gasteiger partial charge >= 0.3 is 5.97 Å². The fourth-order valence-corrected chi connectivity index (χ4v) is 3.45. The van der Waals surface area contributed by atoms with Gasteiger partial charge in [-0.3, -0.25) is 9.59 Å². The molecule has 0 unspecified atom stereocenters. The number of carbonyl (C=O) groups is 2. The first-order valence-corrected chi connectivity index (χ1v) is 8.66. The van der Waals surface area contributed by atoms with Gasteiger partial charge in [0.05, 0.1) is 11.6 Å². The molecule has 1 fully saturated rings. The summed E-state index contributed by atoms with van der Waals surface area (Å²) in [5.74, 6) is -4.18. The summed E-state index contributed by atoms with van der Waals surface area (Å²) in [6.07, 6.45) is 0. The van der Waals surface area contributed by atoms with Crippen LogP contribution in [0.3, 0.4) is 0 Å². The average Bonchev–Trinajstić information content (AvgIpc) is 2.98. The van der Waals surface area contributed by atoms with Crippen LogP contribution < -0.4 is 10.1 Å². The number of likely N-dealkylation sites (tertiary alicyclic amines) is 1. The monoisotopic (exact) mass is 392 g/mol. The summed E-state index contributed by atoms with van der Waals surface area (Å²) in [6.45, 7) is 1.98. The van der Waals surface area contributed by atoms with Crippen LogP contribution in [-0.2, 0) is 9.59 Å². The zero-order valence-electron chi connectivity index (χ0n) is 15.3. The number of nitrogens with zero attached hydrogens (tertiary/aromatic N) is 1. The first kappa shape index (κ1) is 19.9. The van der Waals surface area contributed by atoms with Crippen molar-refractivity contribution in [3.05, 3.63) is 59.4 Å². The minimum absolute atomic E-state index is 0.0940. The molecule has 0 aliphatic carbocycles. The molecule has 2 atom stereocenters. The second kappa shape index (κ2) is 8.02. The third kappa shape index (κ3) is 4.51.